The lowest BCUT2D eigenvalue weighted by Crippen LogP contribution is -2.47. The molecule has 6 rings (SSSR count). The van der Waals surface area contributed by atoms with E-state index in [1.165, 1.54) is 10.5 Å². The van der Waals surface area contributed by atoms with E-state index in [0.717, 1.165) is 57.8 Å². The maximum Gasteiger partial charge on any atom is 0.241 e. The van der Waals surface area contributed by atoms with Crippen molar-refractivity contribution in [2.24, 2.45) is 17.8 Å². The standard InChI is InChI=1S/C21H28ClN5O3S.ClH/c22-17-13-23-14-18(24-17)26-11-9-25(10-12-26)7-1-2-8-27-21(28)19-15-3-5-16(6-4-15)20(19)31(27,29)30;/h3,5,13-16,19-20H,1-2,4,6-12H2;1H. The number of piperazine rings is 1. The third kappa shape index (κ3) is 4.24. The molecule has 8 nitrogen and oxygen atoms in total. The molecule has 1 amide bonds. The second-order valence-corrected chi connectivity index (χ2v) is 11.4. The molecule has 2 aliphatic heterocycles. The Morgan fingerprint density at radius 2 is 1.69 bits per heavy atom. The molecule has 5 aliphatic rings. The minimum atomic E-state index is -3.53. The number of unbranched alkanes of at least 4 members (excludes halogenated alkanes) is 1. The molecule has 2 saturated heterocycles. The zero-order valence-electron chi connectivity index (χ0n) is 17.8. The summed E-state index contributed by atoms with van der Waals surface area (Å²) >= 11 is 5.94. The van der Waals surface area contributed by atoms with Gasteiger partial charge in [-0.1, -0.05) is 23.8 Å². The number of halogens is 2. The molecule has 176 valence electrons. The lowest BCUT2D eigenvalue weighted by molar-refractivity contribution is -0.131. The second kappa shape index (κ2) is 9.44. The third-order valence-corrected chi connectivity index (χ3v) is 9.72. The largest absolute Gasteiger partial charge is 0.353 e. The summed E-state index contributed by atoms with van der Waals surface area (Å²) in [5, 5.41) is -0.124. The molecule has 2 bridgehead atoms. The summed E-state index contributed by atoms with van der Waals surface area (Å²) in [7, 11) is -3.53. The molecule has 4 atom stereocenters. The van der Waals surface area contributed by atoms with Gasteiger partial charge in [0.05, 0.1) is 23.6 Å². The fourth-order valence-corrected chi connectivity index (χ4v) is 8.18. The van der Waals surface area contributed by atoms with Gasteiger partial charge in [-0.3, -0.25) is 14.7 Å². The maximum absolute atomic E-state index is 13.1. The van der Waals surface area contributed by atoms with Gasteiger partial charge >= 0.3 is 0 Å². The highest BCUT2D eigenvalue weighted by molar-refractivity contribution is 7.90. The Labute approximate surface area is 200 Å². The molecule has 3 heterocycles. The van der Waals surface area contributed by atoms with Gasteiger partial charge in [-0.15, -0.1) is 12.4 Å². The first-order chi connectivity index (χ1) is 14.9. The quantitative estimate of drug-likeness (QED) is 0.436. The smallest absolute Gasteiger partial charge is 0.241 e. The molecule has 1 aromatic rings. The van der Waals surface area contributed by atoms with Crippen molar-refractivity contribution >= 4 is 45.8 Å². The van der Waals surface area contributed by atoms with Crippen LogP contribution in [0.3, 0.4) is 0 Å². The molecule has 3 aliphatic carbocycles. The Hall–Kier alpha value is -1.42. The molecule has 32 heavy (non-hydrogen) atoms. The molecule has 4 unspecified atom stereocenters. The van der Waals surface area contributed by atoms with E-state index < -0.39 is 15.3 Å². The van der Waals surface area contributed by atoms with Crippen molar-refractivity contribution < 1.29 is 13.2 Å². The summed E-state index contributed by atoms with van der Waals surface area (Å²) in [5.74, 6) is 0.392. The Balaban J connectivity index is 0.00000245. The van der Waals surface area contributed by atoms with Crippen LogP contribution in [0.25, 0.3) is 0 Å². The first kappa shape index (κ1) is 23.7. The van der Waals surface area contributed by atoms with Crippen molar-refractivity contribution in [3.63, 3.8) is 0 Å². The maximum atomic E-state index is 13.1. The number of aromatic nitrogens is 2. The van der Waals surface area contributed by atoms with Crippen molar-refractivity contribution in [3.8, 4) is 0 Å². The number of nitrogens with zero attached hydrogens (tertiary/aromatic N) is 5. The Kier molecular flexibility index (Phi) is 7.00. The van der Waals surface area contributed by atoms with Crippen LogP contribution in [-0.4, -0.2) is 78.0 Å². The predicted molar refractivity (Wildman–Crippen MR) is 125 cm³/mol. The van der Waals surface area contributed by atoms with Crippen molar-refractivity contribution in [1.82, 2.24) is 19.2 Å². The number of hydrogen-bond donors (Lipinski definition) is 0. The number of fused-ring (bicyclic) bond motifs is 1. The Bertz CT molecular complexity index is 983. The normalized spacial score (nSPS) is 31.0. The predicted octanol–water partition coefficient (Wildman–Crippen LogP) is 2.21. The van der Waals surface area contributed by atoms with Gasteiger partial charge in [-0.2, -0.15) is 0 Å². The number of carbonyl (C=O) groups is 1. The SMILES string of the molecule is Cl.O=C1C2C3C=CC(CC3)C2S(=O)(=O)N1CCCCN1CCN(c2cncc(Cl)n2)CC1. The van der Waals surface area contributed by atoms with E-state index >= 15 is 0 Å². The van der Waals surface area contributed by atoms with Crippen LogP contribution < -0.4 is 4.90 Å². The summed E-state index contributed by atoms with van der Waals surface area (Å²) in [5.41, 5.74) is 0. The van der Waals surface area contributed by atoms with Gasteiger partial charge in [0.1, 0.15) is 11.0 Å². The molecule has 0 aromatic carbocycles. The average molecular weight is 502 g/mol. The highest BCUT2D eigenvalue weighted by Gasteiger charge is 2.59. The molecule has 11 heteroatoms. The molecular weight excluding hydrogens is 473 g/mol. The topological polar surface area (TPSA) is 86.7 Å². The fourth-order valence-electron chi connectivity index (χ4n) is 5.63. The lowest BCUT2D eigenvalue weighted by atomic mass is 9.68. The van der Waals surface area contributed by atoms with Crippen molar-refractivity contribution in [3.05, 3.63) is 29.7 Å². The molecular formula is C21H29Cl2N5O3S. The first-order valence-corrected chi connectivity index (χ1v) is 13.0. The van der Waals surface area contributed by atoms with E-state index in [9.17, 15) is 13.2 Å². The number of carbonyl (C=O) groups excluding carboxylic acids is 1. The van der Waals surface area contributed by atoms with Gasteiger partial charge < -0.3 is 4.90 Å². The molecule has 1 saturated carbocycles. The summed E-state index contributed by atoms with van der Waals surface area (Å²) in [4.78, 5) is 25.9. The van der Waals surface area contributed by atoms with Crippen LogP contribution in [0, 0.1) is 17.8 Å². The monoisotopic (exact) mass is 501 g/mol. The number of hydrogen-bond acceptors (Lipinski definition) is 7. The van der Waals surface area contributed by atoms with Crippen LogP contribution in [0.15, 0.2) is 24.5 Å². The highest BCUT2D eigenvalue weighted by atomic mass is 35.5. The number of amides is 1. The zero-order chi connectivity index (χ0) is 21.6. The van der Waals surface area contributed by atoms with Crippen LogP contribution in [-0.2, 0) is 14.8 Å². The Morgan fingerprint density at radius 3 is 2.34 bits per heavy atom. The van der Waals surface area contributed by atoms with Crippen LogP contribution in [0.4, 0.5) is 5.82 Å². The lowest BCUT2D eigenvalue weighted by Gasteiger charge is -2.37. The first-order valence-electron chi connectivity index (χ1n) is 11.1. The molecule has 1 aromatic heterocycles. The van der Waals surface area contributed by atoms with Crippen LogP contribution >= 0.6 is 24.0 Å². The summed E-state index contributed by atoms with van der Waals surface area (Å²) in [6.45, 7) is 4.74. The van der Waals surface area contributed by atoms with Crippen LogP contribution in [0.1, 0.15) is 25.7 Å². The van der Waals surface area contributed by atoms with E-state index in [0.29, 0.717) is 18.1 Å². The van der Waals surface area contributed by atoms with Crippen molar-refractivity contribution in [1.29, 1.82) is 0 Å². The summed E-state index contributed by atoms with van der Waals surface area (Å²) in [6.07, 6.45) is 10.7. The Morgan fingerprint density at radius 1 is 1.00 bits per heavy atom. The molecule has 0 N–H and O–H groups in total. The zero-order valence-corrected chi connectivity index (χ0v) is 20.2. The van der Waals surface area contributed by atoms with Crippen LogP contribution in [0.5, 0.6) is 0 Å². The highest BCUT2D eigenvalue weighted by Crippen LogP contribution is 2.49. The third-order valence-electron chi connectivity index (χ3n) is 7.23. The fraction of sp³-hybridized carbons (Fsp3) is 0.667. The minimum absolute atomic E-state index is 0. The van der Waals surface area contributed by atoms with Gasteiger partial charge in [0.2, 0.25) is 15.9 Å². The molecule has 3 fully saturated rings. The van der Waals surface area contributed by atoms with Gasteiger partial charge in [-0.25, -0.2) is 17.7 Å². The summed E-state index contributed by atoms with van der Waals surface area (Å²) in [6, 6.07) is 0. The van der Waals surface area contributed by atoms with Gasteiger partial charge in [0.15, 0.2) is 0 Å². The average Bonchev–Trinajstić information content (AvgIpc) is 3.00. The van der Waals surface area contributed by atoms with E-state index in [2.05, 4.69) is 25.8 Å². The van der Waals surface area contributed by atoms with Gasteiger partial charge in [0, 0.05) is 32.7 Å². The van der Waals surface area contributed by atoms with E-state index in [-0.39, 0.29) is 36.1 Å². The van der Waals surface area contributed by atoms with E-state index in [4.69, 9.17) is 11.6 Å². The number of allylic oxidation sites excluding steroid dienone is 2. The number of rotatable bonds is 6. The second-order valence-electron chi connectivity index (χ2n) is 8.97. The van der Waals surface area contributed by atoms with Crippen molar-refractivity contribution in [2.75, 3.05) is 44.2 Å². The van der Waals surface area contributed by atoms with Crippen LogP contribution in [0.2, 0.25) is 5.15 Å². The minimum Gasteiger partial charge on any atom is -0.353 e. The van der Waals surface area contributed by atoms with Gasteiger partial charge in [0.25, 0.3) is 0 Å². The molecule has 0 radical (unpaired) electrons. The van der Waals surface area contributed by atoms with Gasteiger partial charge in [-0.05, 0) is 44.1 Å². The number of anilines is 1. The van der Waals surface area contributed by atoms with Crippen molar-refractivity contribution in [2.45, 2.75) is 30.9 Å². The summed E-state index contributed by atoms with van der Waals surface area (Å²) < 4.78 is 27.3. The van der Waals surface area contributed by atoms with E-state index in [1.54, 1.807) is 6.20 Å². The molecule has 0 spiro atoms. The number of sulfonamides is 1. The van der Waals surface area contributed by atoms with E-state index in [1.807, 2.05) is 6.08 Å².